The Morgan fingerprint density at radius 1 is 1.11 bits per heavy atom. The largest absolute Gasteiger partial charge is 1.00 e. The molecule has 37 heavy (non-hydrogen) atoms. The maximum Gasteiger partial charge on any atom is 1.00 e. The Bertz CT molecular complexity index is 1010. The number of carboxylic acid groups (broad SMARTS) is 1. The molecule has 2 aromatic rings. The van der Waals surface area contributed by atoms with Crippen LogP contribution in [-0.2, 0) is 16.1 Å². The van der Waals surface area contributed by atoms with Gasteiger partial charge in [-0.1, -0.05) is 62.4 Å². The van der Waals surface area contributed by atoms with Crippen LogP contribution in [0.2, 0.25) is 0 Å². The summed E-state index contributed by atoms with van der Waals surface area (Å²) in [6.07, 6.45) is 8.82. The molecule has 6 nitrogen and oxygen atoms in total. The maximum atomic E-state index is 13.3. The van der Waals surface area contributed by atoms with Crippen molar-refractivity contribution in [2.45, 2.75) is 70.9 Å². The molecule has 196 valence electrons. The van der Waals surface area contributed by atoms with E-state index in [1.165, 1.54) is 38.5 Å². The predicted octanol–water partition coefficient (Wildman–Crippen LogP) is 1.34. The van der Waals surface area contributed by atoms with E-state index in [1.807, 2.05) is 43.3 Å². The fourth-order valence-corrected chi connectivity index (χ4v) is 5.17. The molecule has 0 aromatic heterocycles. The summed E-state index contributed by atoms with van der Waals surface area (Å²) < 4.78 is 5.02. The second kappa shape index (κ2) is 16.0. The maximum absolute atomic E-state index is 13.3. The van der Waals surface area contributed by atoms with Crippen LogP contribution in [0.3, 0.4) is 0 Å². The number of benzene rings is 2. The Morgan fingerprint density at radius 3 is 2.51 bits per heavy atom. The first-order chi connectivity index (χ1) is 17.4. The van der Waals surface area contributed by atoms with Gasteiger partial charge in [0.25, 0.3) is 5.91 Å². The first-order valence-electron chi connectivity index (χ1n) is 13.3. The second-order valence-corrected chi connectivity index (χ2v) is 10.2. The van der Waals surface area contributed by atoms with E-state index < -0.39 is 17.9 Å². The van der Waals surface area contributed by atoms with Gasteiger partial charge in [-0.15, -0.1) is 0 Å². The Morgan fingerprint density at radius 2 is 1.84 bits per heavy atom. The van der Waals surface area contributed by atoms with E-state index in [1.54, 1.807) is 7.11 Å². The number of carbonyl (C=O) groups excluding carboxylic acids is 2. The zero-order valence-electron chi connectivity index (χ0n) is 23.1. The molecule has 2 aromatic carbocycles. The molecule has 7 heteroatoms. The van der Waals surface area contributed by atoms with Gasteiger partial charge in [0.15, 0.2) is 0 Å². The Balaban J connectivity index is 0.00000481. The average Bonchev–Trinajstić information content (AvgIpc) is 2.87. The van der Waals surface area contributed by atoms with Crippen LogP contribution in [0, 0.1) is 12.8 Å². The number of hydrogen-bond acceptors (Lipinski definition) is 5. The third-order valence-electron chi connectivity index (χ3n) is 7.29. The van der Waals surface area contributed by atoms with Crippen molar-refractivity contribution in [2.24, 2.45) is 5.92 Å². The van der Waals surface area contributed by atoms with Crippen molar-refractivity contribution in [3.8, 4) is 11.1 Å². The van der Waals surface area contributed by atoms with Crippen LogP contribution >= 0.6 is 0 Å². The first-order valence-corrected chi connectivity index (χ1v) is 13.3. The van der Waals surface area contributed by atoms with Gasteiger partial charge >= 0.3 is 18.9 Å². The number of aryl methyl sites for hydroxylation is 1. The number of nitrogens with one attached hydrogen (secondary N) is 1. The van der Waals surface area contributed by atoms with Gasteiger partial charge in [-0.05, 0) is 80.1 Å². The number of carbonyl (C=O) groups is 2. The molecule has 1 amide bonds. The fraction of sp³-hybridized carbons (Fsp3) is 0.533. The van der Waals surface area contributed by atoms with Crippen molar-refractivity contribution < 1.29 is 38.3 Å². The van der Waals surface area contributed by atoms with E-state index in [-0.39, 0.29) is 25.3 Å². The molecule has 0 heterocycles. The average molecular weight is 501 g/mol. The van der Waals surface area contributed by atoms with Crippen LogP contribution < -0.4 is 29.3 Å². The molecular formula is C30H41LiN2O4. The third kappa shape index (κ3) is 9.61. The number of hydrogen-bond donors (Lipinski definition) is 1. The van der Waals surface area contributed by atoms with Gasteiger partial charge in [-0.25, -0.2) is 0 Å². The topological polar surface area (TPSA) is 81.7 Å². The number of carboxylic acids is 1. The summed E-state index contributed by atoms with van der Waals surface area (Å²) in [4.78, 5) is 27.3. The van der Waals surface area contributed by atoms with Crippen LogP contribution in [-0.4, -0.2) is 50.1 Å². The molecule has 1 N–H and O–H groups in total. The molecule has 1 unspecified atom stereocenters. The van der Waals surface area contributed by atoms with E-state index >= 15 is 0 Å². The summed E-state index contributed by atoms with van der Waals surface area (Å²) in [5.74, 6) is -0.847. The minimum Gasteiger partial charge on any atom is -0.548 e. The Kier molecular flexibility index (Phi) is 13.4. The number of methoxy groups -OCH3 is 1. The summed E-state index contributed by atoms with van der Waals surface area (Å²) in [6.45, 7) is 4.30. The van der Waals surface area contributed by atoms with Crippen molar-refractivity contribution >= 4 is 11.9 Å². The van der Waals surface area contributed by atoms with Gasteiger partial charge < -0.3 is 24.9 Å². The molecular weight excluding hydrogens is 459 g/mol. The first kappa shape index (κ1) is 31.1. The molecule has 1 atom stereocenters. The minimum absolute atomic E-state index is 0. The molecule has 1 aliphatic rings. The summed E-state index contributed by atoms with van der Waals surface area (Å²) in [5.41, 5.74) is 4.45. The molecule has 0 bridgehead atoms. The van der Waals surface area contributed by atoms with Crippen molar-refractivity contribution in [3.05, 3.63) is 59.2 Å². The standard InChI is InChI=1S/C30H42N2O4.Li/c1-22-10-7-8-13-25(22)27-20-24(21-32(2)18-17-23-11-5-4-6-12-23)15-16-26(27)29(33)31-28(30(34)35)14-9-19-36-3;/h7-8,10,13,15-16,20,23,28H,4-6,9,11-12,14,17-19,21H2,1-3H3,(H,31,33)(H,34,35);/q;+1/p-1. The molecule has 1 saturated carbocycles. The van der Waals surface area contributed by atoms with E-state index in [0.29, 0.717) is 18.6 Å². The molecule has 0 saturated heterocycles. The quantitative estimate of drug-likeness (QED) is 0.332. The normalized spacial score (nSPS) is 14.7. The van der Waals surface area contributed by atoms with Gasteiger partial charge in [0.1, 0.15) is 0 Å². The number of amides is 1. The summed E-state index contributed by atoms with van der Waals surface area (Å²) >= 11 is 0. The van der Waals surface area contributed by atoms with Gasteiger partial charge in [0.2, 0.25) is 0 Å². The van der Waals surface area contributed by atoms with E-state index in [0.717, 1.165) is 41.3 Å². The van der Waals surface area contributed by atoms with Gasteiger partial charge in [-0.2, -0.15) is 0 Å². The molecule has 0 spiro atoms. The monoisotopic (exact) mass is 500 g/mol. The summed E-state index contributed by atoms with van der Waals surface area (Å²) in [7, 11) is 3.72. The summed E-state index contributed by atoms with van der Waals surface area (Å²) in [5, 5.41) is 14.3. The van der Waals surface area contributed by atoms with Crippen molar-refractivity contribution in [1.29, 1.82) is 0 Å². The fourth-order valence-electron chi connectivity index (χ4n) is 5.17. The van der Waals surface area contributed by atoms with E-state index in [4.69, 9.17) is 4.74 Å². The zero-order chi connectivity index (χ0) is 25.9. The number of aliphatic carboxylic acids is 1. The second-order valence-electron chi connectivity index (χ2n) is 10.2. The number of ether oxygens (including phenoxy) is 1. The van der Waals surface area contributed by atoms with Crippen LogP contribution in [0.4, 0.5) is 0 Å². The van der Waals surface area contributed by atoms with E-state index in [2.05, 4.69) is 23.3 Å². The van der Waals surface area contributed by atoms with E-state index in [9.17, 15) is 14.7 Å². The predicted molar refractivity (Wildman–Crippen MR) is 142 cm³/mol. The SMILES string of the molecule is COCCCC(NC(=O)c1ccc(CN(C)CCC2CCCCC2)cc1-c1ccccc1C)C(=O)[O-].[Li+]. The smallest absolute Gasteiger partial charge is 0.548 e. The molecule has 3 rings (SSSR count). The zero-order valence-corrected chi connectivity index (χ0v) is 23.1. The Labute approximate surface area is 234 Å². The minimum atomic E-state index is -1.28. The van der Waals surface area contributed by atoms with Crippen molar-refractivity contribution in [2.75, 3.05) is 27.3 Å². The third-order valence-corrected chi connectivity index (χ3v) is 7.29. The van der Waals surface area contributed by atoms with Crippen LogP contribution in [0.5, 0.6) is 0 Å². The summed E-state index contributed by atoms with van der Waals surface area (Å²) in [6, 6.07) is 12.8. The van der Waals surface area contributed by atoms with Crippen LogP contribution in [0.25, 0.3) is 11.1 Å². The molecule has 0 radical (unpaired) electrons. The molecule has 1 aliphatic carbocycles. The van der Waals surface area contributed by atoms with Crippen LogP contribution in [0.1, 0.15) is 72.9 Å². The van der Waals surface area contributed by atoms with Gasteiger partial charge in [-0.3, -0.25) is 4.79 Å². The number of nitrogens with zero attached hydrogens (tertiary/aromatic N) is 1. The van der Waals surface area contributed by atoms with Gasteiger partial charge in [0, 0.05) is 25.8 Å². The van der Waals surface area contributed by atoms with Crippen molar-refractivity contribution in [1.82, 2.24) is 10.2 Å². The molecule has 1 fully saturated rings. The van der Waals surface area contributed by atoms with Crippen LogP contribution in [0.15, 0.2) is 42.5 Å². The van der Waals surface area contributed by atoms with Gasteiger partial charge in [0.05, 0.1) is 12.0 Å². The number of rotatable bonds is 13. The Hall–Kier alpha value is -2.10. The molecule has 0 aliphatic heterocycles. The van der Waals surface area contributed by atoms with Crippen molar-refractivity contribution in [3.63, 3.8) is 0 Å².